The summed E-state index contributed by atoms with van der Waals surface area (Å²) in [7, 11) is 1.66. The highest BCUT2D eigenvalue weighted by Gasteiger charge is 2.23. The maximum Gasteiger partial charge on any atom is 0.215 e. The SMILES string of the molecule is COc1ncc(CN2CCNC(c3ccccc3OC(C)C)C2)cc1C. The minimum Gasteiger partial charge on any atom is -0.491 e. The number of nitrogens with zero attached hydrogens (tertiary/aromatic N) is 2. The van der Waals surface area contributed by atoms with E-state index >= 15 is 0 Å². The molecule has 1 aliphatic heterocycles. The standard InChI is InChI=1S/C21H29N3O2/c1-15(2)26-20-8-6-5-7-18(20)19-14-24(10-9-22-19)13-17-11-16(3)21(25-4)23-12-17/h5-8,11-12,15,19,22H,9-10,13-14H2,1-4H3. The molecule has 1 aromatic carbocycles. The molecule has 1 unspecified atom stereocenters. The molecule has 1 atom stereocenters. The molecule has 0 bridgehead atoms. The van der Waals surface area contributed by atoms with Gasteiger partial charge < -0.3 is 14.8 Å². The van der Waals surface area contributed by atoms with Crippen LogP contribution in [0.3, 0.4) is 0 Å². The van der Waals surface area contributed by atoms with Crippen molar-refractivity contribution < 1.29 is 9.47 Å². The minimum atomic E-state index is 0.171. The highest BCUT2D eigenvalue weighted by Crippen LogP contribution is 2.28. The fourth-order valence-electron chi connectivity index (χ4n) is 3.47. The molecule has 2 aromatic rings. The fourth-order valence-corrected chi connectivity index (χ4v) is 3.47. The molecule has 26 heavy (non-hydrogen) atoms. The molecule has 0 radical (unpaired) electrons. The lowest BCUT2D eigenvalue weighted by molar-refractivity contribution is 0.186. The molecule has 0 saturated carbocycles. The second-order valence-electron chi connectivity index (χ2n) is 7.12. The molecule has 5 heteroatoms. The number of hydrogen-bond acceptors (Lipinski definition) is 5. The highest BCUT2D eigenvalue weighted by atomic mass is 16.5. The average Bonchev–Trinajstić information content (AvgIpc) is 2.62. The van der Waals surface area contributed by atoms with Crippen LogP contribution in [0.15, 0.2) is 36.5 Å². The zero-order chi connectivity index (χ0) is 18.5. The Morgan fingerprint density at radius 2 is 2.12 bits per heavy atom. The normalized spacial score (nSPS) is 18.1. The third-order valence-electron chi connectivity index (χ3n) is 4.60. The maximum atomic E-state index is 6.01. The first kappa shape index (κ1) is 18.7. The summed E-state index contributed by atoms with van der Waals surface area (Å²) < 4.78 is 11.3. The summed E-state index contributed by atoms with van der Waals surface area (Å²) in [6.07, 6.45) is 2.09. The summed E-state index contributed by atoms with van der Waals surface area (Å²) in [4.78, 5) is 6.87. The predicted molar refractivity (Wildman–Crippen MR) is 104 cm³/mol. The van der Waals surface area contributed by atoms with Crippen LogP contribution >= 0.6 is 0 Å². The smallest absolute Gasteiger partial charge is 0.215 e. The van der Waals surface area contributed by atoms with E-state index in [0.717, 1.165) is 37.5 Å². The van der Waals surface area contributed by atoms with Gasteiger partial charge in [-0.2, -0.15) is 0 Å². The van der Waals surface area contributed by atoms with E-state index in [2.05, 4.69) is 53.3 Å². The molecule has 1 saturated heterocycles. The number of ether oxygens (including phenoxy) is 2. The van der Waals surface area contributed by atoms with Gasteiger partial charge in [0.05, 0.1) is 13.2 Å². The van der Waals surface area contributed by atoms with Gasteiger partial charge in [0.25, 0.3) is 0 Å². The molecule has 140 valence electrons. The number of benzene rings is 1. The van der Waals surface area contributed by atoms with E-state index in [1.807, 2.05) is 19.2 Å². The van der Waals surface area contributed by atoms with Gasteiger partial charge in [-0.25, -0.2) is 4.98 Å². The van der Waals surface area contributed by atoms with Crippen LogP contribution in [-0.2, 0) is 6.54 Å². The molecule has 1 N–H and O–H groups in total. The van der Waals surface area contributed by atoms with E-state index < -0.39 is 0 Å². The van der Waals surface area contributed by atoms with Crippen molar-refractivity contribution in [3.63, 3.8) is 0 Å². The van der Waals surface area contributed by atoms with Gasteiger partial charge in [0.2, 0.25) is 5.88 Å². The van der Waals surface area contributed by atoms with Crippen molar-refractivity contribution in [2.75, 3.05) is 26.7 Å². The molecule has 0 spiro atoms. The molecule has 3 rings (SSSR count). The summed E-state index contributed by atoms with van der Waals surface area (Å²) in [6, 6.07) is 10.8. The lowest BCUT2D eigenvalue weighted by atomic mass is 10.0. The lowest BCUT2D eigenvalue weighted by Gasteiger charge is -2.34. The first-order valence-corrected chi connectivity index (χ1v) is 9.27. The van der Waals surface area contributed by atoms with E-state index in [4.69, 9.17) is 9.47 Å². The molecule has 2 heterocycles. The second-order valence-corrected chi connectivity index (χ2v) is 7.12. The van der Waals surface area contributed by atoms with Crippen LogP contribution in [0.5, 0.6) is 11.6 Å². The number of para-hydroxylation sites is 1. The molecule has 1 aromatic heterocycles. The lowest BCUT2D eigenvalue weighted by Crippen LogP contribution is -2.45. The molecule has 1 fully saturated rings. The Labute approximate surface area is 156 Å². The van der Waals surface area contributed by atoms with E-state index in [1.54, 1.807) is 7.11 Å². The number of rotatable bonds is 6. The predicted octanol–water partition coefficient (Wildman–Crippen LogP) is 3.33. The van der Waals surface area contributed by atoms with Crippen molar-refractivity contribution in [3.05, 3.63) is 53.2 Å². The van der Waals surface area contributed by atoms with Crippen molar-refractivity contribution in [1.82, 2.24) is 15.2 Å². The van der Waals surface area contributed by atoms with Crippen LogP contribution in [-0.4, -0.2) is 42.7 Å². The first-order chi connectivity index (χ1) is 12.6. The Bertz CT molecular complexity index is 733. The molecular formula is C21H29N3O2. The average molecular weight is 355 g/mol. The minimum absolute atomic E-state index is 0.171. The van der Waals surface area contributed by atoms with Crippen molar-refractivity contribution in [2.24, 2.45) is 0 Å². The second kappa shape index (κ2) is 8.52. The number of aromatic nitrogens is 1. The summed E-state index contributed by atoms with van der Waals surface area (Å²) in [5, 5.41) is 3.64. The Kier molecular flexibility index (Phi) is 6.12. The van der Waals surface area contributed by atoms with Gasteiger partial charge in [0.1, 0.15) is 5.75 Å². The first-order valence-electron chi connectivity index (χ1n) is 9.27. The third-order valence-corrected chi connectivity index (χ3v) is 4.60. The number of aryl methyl sites for hydroxylation is 1. The van der Waals surface area contributed by atoms with Gasteiger partial charge in [-0.1, -0.05) is 18.2 Å². The Morgan fingerprint density at radius 3 is 2.85 bits per heavy atom. The summed E-state index contributed by atoms with van der Waals surface area (Å²) in [5.74, 6) is 1.68. The van der Waals surface area contributed by atoms with Gasteiger partial charge in [0, 0.05) is 49.5 Å². The maximum absolute atomic E-state index is 6.01. The zero-order valence-electron chi connectivity index (χ0n) is 16.2. The number of pyridine rings is 1. The fraction of sp³-hybridized carbons (Fsp3) is 0.476. The summed E-state index contributed by atoms with van der Waals surface area (Å²) in [5.41, 5.74) is 3.53. The molecule has 0 aliphatic carbocycles. The van der Waals surface area contributed by atoms with Crippen LogP contribution in [0.1, 0.15) is 36.6 Å². The topological polar surface area (TPSA) is 46.6 Å². The molecule has 0 amide bonds. The molecule has 1 aliphatic rings. The molecule has 5 nitrogen and oxygen atoms in total. The van der Waals surface area contributed by atoms with Crippen LogP contribution in [0.25, 0.3) is 0 Å². The van der Waals surface area contributed by atoms with E-state index in [-0.39, 0.29) is 12.1 Å². The van der Waals surface area contributed by atoms with Gasteiger partial charge >= 0.3 is 0 Å². The molecular weight excluding hydrogens is 326 g/mol. The van der Waals surface area contributed by atoms with Crippen LogP contribution in [0.2, 0.25) is 0 Å². The van der Waals surface area contributed by atoms with Crippen LogP contribution in [0, 0.1) is 6.92 Å². The van der Waals surface area contributed by atoms with Crippen molar-refractivity contribution in [2.45, 2.75) is 39.5 Å². The van der Waals surface area contributed by atoms with Crippen LogP contribution < -0.4 is 14.8 Å². The number of methoxy groups -OCH3 is 1. The Balaban J connectivity index is 1.71. The number of hydrogen-bond donors (Lipinski definition) is 1. The van der Waals surface area contributed by atoms with Gasteiger partial charge in [-0.15, -0.1) is 0 Å². The largest absolute Gasteiger partial charge is 0.491 e. The van der Waals surface area contributed by atoms with Gasteiger partial charge in [-0.05, 0) is 38.5 Å². The van der Waals surface area contributed by atoms with Gasteiger partial charge in [0.15, 0.2) is 0 Å². The summed E-state index contributed by atoms with van der Waals surface area (Å²) >= 11 is 0. The number of nitrogens with one attached hydrogen (secondary N) is 1. The van der Waals surface area contributed by atoms with E-state index in [0.29, 0.717) is 5.88 Å². The quantitative estimate of drug-likeness (QED) is 0.861. The third kappa shape index (κ3) is 4.54. The summed E-state index contributed by atoms with van der Waals surface area (Å²) in [6.45, 7) is 9.99. The number of piperazine rings is 1. The van der Waals surface area contributed by atoms with Gasteiger partial charge in [-0.3, -0.25) is 4.90 Å². The van der Waals surface area contributed by atoms with E-state index in [1.165, 1.54) is 11.1 Å². The Morgan fingerprint density at radius 1 is 1.31 bits per heavy atom. The van der Waals surface area contributed by atoms with Crippen molar-refractivity contribution in [3.8, 4) is 11.6 Å². The van der Waals surface area contributed by atoms with Crippen molar-refractivity contribution in [1.29, 1.82) is 0 Å². The van der Waals surface area contributed by atoms with E-state index in [9.17, 15) is 0 Å². The highest BCUT2D eigenvalue weighted by molar-refractivity contribution is 5.36. The monoisotopic (exact) mass is 355 g/mol. The van der Waals surface area contributed by atoms with Crippen LogP contribution in [0.4, 0.5) is 0 Å². The zero-order valence-corrected chi connectivity index (χ0v) is 16.2. The Hall–Kier alpha value is -2.11. The van der Waals surface area contributed by atoms with Crippen molar-refractivity contribution >= 4 is 0 Å².